The lowest BCUT2D eigenvalue weighted by molar-refractivity contribution is -0.121. The quantitative estimate of drug-likeness (QED) is 0.759. The van der Waals surface area contributed by atoms with Gasteiger partial charge >= 0.3 is 0 Å². The number of amides is 1. The molecule has 0 saturated carbocycles. The highest BCUT2D eigenvalue weighted by Gasteiger charge is 2.44. The van der Waals surface area contributed by atoms with E-state index in [9.17, 15) is 9.59 Å². The summed E-state index contributed by atoms with van der Waals surface area (Å²) in [4.78, 5) is 32.8. The molecule has 2 heterocycles. The second-order valence-electron chi connectivity index (χ2n) is 8.61. The molecule has 0 bridgehead atoms. The number of aromatic nitrogens is 1. The van der Waals surface area contributed by atoms with Gasteiger partial charge in [0, 0.05) is 60.1 Å². The molecule has 0 saturated heterocycles. The van der Waals surface area contributed by atoms with Crippen molar-refractivity contribution in [3.63, 3.8) is 0 Å². The molecule has 1 unspecified atom stereocenters. The van der Waals surface area contributed by atoms with E-state index in [2.05, 4.69) is 18.8 Å². The van der Waals surface area contributed by atoms with Crippen molar-refractivity contribution >= 4 is 17.4 Å². The summed E-state index contributed by atoms with van der Waals surface area (Å²) in [5.41, 5.74) is 2.64. The molecule has 1 aromatic heterocycles. The van der Waals surface area contributed by atoms with Crippen LogP contribution in [0.3, 0.4) is 0 Å². The summed E-state index contributed by atoms with van der Waals surface area (Å²) in [6.45, 7) is 4.13. The summed E-state index contributed by atoms with van der Waals surface area (Å²) < 4.78 is 10.8. The fraction of sp³-hybridized carbons (Fsp3) is 0.375. The van der Waals surface area contributed by atoms with Gasteiger partial charge in [-0.2, -0.15) is 0 Å². The van der Waals surface area contributed by atoms with E-state index in [-0.39, 0.29) is 29.4 Å². The molecule has 0 fully saturated rings. The Hall–Kier alpha value is -3.15. The van der Waals surface area contributed by atoms with Gasteiger partial charge in [0.25, 0.3) is 0 Å². The van der Waals surface area contributed by atoms with Crippen LogP contribution in [0.4, 0.5) is 5.69 Å². The molecule has 4 rings (SSSR count). The maximum absolute atomic E-state index is 13.4. The van der Waals surface area contributed by atoms with Crippen LogP contribution in [0.25, 0.3) is 0 Å². The molecule has 2 aromatic rings. The van der Waals surface area contributed by atoms with Gasteiger partial charge in [-0.3, -0.25) is 19.5 Å². The third-order valence-electron chi connectivity index (χ3n) is 5.78. The number of hydrogen-bond acceptors (Lipinski definition) is 5. The van der Waals surface area contributed by atoms with Crippen LogP contribution >= 0.6 is 0 Å². The molecule has 2 aliphatic rings. The third-order valence-corrected chi connectivity index (χ3v) is 5.78. The molecule has 0 N–H and O–H groups in total. The summed E-state index contributed by atoms with van der Waals surface area (Å²) >= 11 is 0. The Morgan fingerprint density at radius 1 is 1.03 bits per heavy atom. The van der Waals surface area contributed by atoms with E-state index in [0.717, 1.165) is 11.4 Å². The molecule has 1 amide bonds. The second kappa shape index (κ2) is 7.59. The Morgan fingerprint density at radius 3 is 2.33 bits per heavy atom. The minimum atomic E-state index is -0.318. The summed E-state index contributed by atoms with van der Waals surface area (Å²) in [7, 11) is 3.15. The first kappa shape index (κ1) is 20.1. The van der Waals surface area contributed by atoms with E-state index in [1.54, 1.807) is 43.5 Å². The second-order valence-corrected chi connectivity index (χ2v) is 8.61. The van der Waals surface area contributed by atoms with E-state index in [1.807, 2.05) is 18.2 Å². The Labute approximate surface area is 176 Å². The molecule has 6 nitrogen and oxygen atoms in total. The van der Waals surface area contributed by atoms with Crippen molar-refractivity contribution in [2.75, 3.05) is 19.1 Å². The van der Waals surface area contributed by atoms with Gasteiger partial charge in [-0.15, -0.1) is 0 Å². The van der Waals surface area contributed by atoms with Crippen molar-refractivity contribution in [2.45, 2.75) is 39.0 Å². The number of ether oxygens (including phenoxy) is 2. The topological polar surface area (TPSA) is 68.7 Å². The van der Waals surface area contributed by atoms with Crippen molar-refractivity contribution in [3.8, 4) is 11.5 Å². The van der Waals surface area contributed by atoms with Crippen molar-refractivity contribution in [3.05, 3.63) is 59.6 Å². The van der Waals surface area contributed by atoms with Crippen molar-refractivity contribution in [2.24, 2.45) is 5.41 Å². The van der Waals surface area contributed by atoms with Crippen LogP contribution in [-0.4, -0.2) is 30.9 Å². The number of ketones is 1. The Kier molecular flexibility index (Phi) is 5.10. The average molecular weight is 406 g/mol. The highest BCUT2D eigenvalue weighted by atomic mass is 16.5. The van der Waals surface area contributed by atoms with Crippen LogP contribution in [-0.2, 0) is 9.59 Å². The monoisotopic (exact) mass is 406 g/mol. The molecule has 1 aliphatic heterocycles. The maximum Gasteiger partial charge on any atom is 0.232 e. The SMILES string of the molecule is COc1cc(OC)cc(N2C(=O)CC(c3ccccn3)C3=C2CC(C)(C)CC3=O)c1. The number of allylic oxidation sites excluding steroid dienone is 2. The fourth-order valence-electron chi connectivity index (χ4n) is 4.47. The molecular formula is C24H26N2O4. The minimum Gasteiger partial charge on any atom is -0.497 e. The number of rotatable bonds is 4. The van der Waals surface area contributed by atoms with Crippen LogP contribution in [0.2, 0.25) is 0 Å². The molecule has 0 radical (unpaired) electrons. The fourth-order valence-corrected chi connectivity index (χ4v) is 4.47. The number of pyridine rings is 1. The highest BCUT2D eigenvalue weighted by Crippen LogP contribution is 2.48. The van der Waals surface area contributed by atoms with Gasteiger partial charge in [-0.05, 0) is 24.0 Å². The van der Waals surface area contributed by atoms with Crippen LogP contribution < -0.4 is 14.4 Å². The van der Waals surface area contributed by atoms with E-state index < -0.39 is 0 Å². The van der Waals surface area contributed by atoms with Crippen LogP contribution in [0.1, 0.15) is 44.7 Å². The van der Waals surface area contributed by atoms with E-state index in [0.29, 0.717) is 35.6 Å². The smallest absolute Gasteiger partial charge is 0.232 e. The first-order valence-corrected chi connectivity index (χ1v) is 10.1. The van der Waals surface area contributed by atoms with Gasteiger partial charge in [-0.25, -0.2) is 0 Å². The zero-order valence-corrected chi connectivity index (χ0v) is 17.8. The number of methoxy groups -OCH3 is 2. The summed E-state index contributed by atoms with van der Waals surface area (Å²) in [6, 6.07) is 11.0. The van der Waals surface area contributed by atoms with Gasteiger partial charge in [0.2, 0.25) is 5.91 Å². The lowest BCUT2D eigenvalue weighted by Crippen LogP contribution is -2.43. The average Bonchev–Trinajstić information content (AvgIpc) is 2.72. The molecule has 30 heavy (non-hydrogen) atoms. The Bertz CT molecular complexity index is 1000. The molecule has 6 heteroatoms. The number of hydrogen-bond donors (Lipinski definition) is 0. The number of benzene rings is 1. The lowest BCUT2D eigenvalue weighted by atomic mass is 9.70. The predicted molar refractivity (Wildman–Crippen MR) is 114 cm³/mol. The summed E-state index contributed by atoms with van der Waals surface area (Å²) in [5, 5.41) is 0. The van der Waals surface area contributed by atoms with E-state index in [4.69, 9.17) is 9.47 Å². The summed E-state index contributed by atoms with van der Waals surface area (Å²) in [6.07, 6.45) is 2.99. The van der Waals surface area contributed by atoms with Gasteiger partial charge in [0.1, 0.15) is 11.5 Å². The molecule has 1 aliphatic carbocycles. The Balaban J connectivity index is 1.91. The van der Waals surface area contributed by atoms with Crippen molar-refractivity contribution < 1.29 is 19.1 Å². The van der Waals surface area contributed by atoms with Crippen LogP contribution in [0.15, 0.2) is 53.9 Å². The number of Topliss-reactive ketones (excluding diaryl/α,β-unsaturated/α-hetero) is 1. The largest absolute Gasteiger partial charge is 0.497 e. The van der Waals surface area contributed by atoms with Gasteiger partial charge in [0.05, 0.1) is 19.9 Å². The van der Waals surface area contributed by atoms with Gasteiger partial charge in [0.15, 0.2) is 5.78 Å². The zero-order chi connectivity index (χ0) is 21.5. The van der Waals surface area contributed by atoms with Crippen LogP contribution in [0, 0.1) is 5.41 Å². The Morgan fingerprint density at radius 2 is 1.73 bits per heavy atom. The van der Waals surface area contributed by atoms with Gasteiger partial charge < -0.3 is 9.47 Å². The van der Waals surface area contributed by atoms with Gasteiger partial charge in [-0.1, -0.05) is 19.9 Å². The molecule has 1 atom stereocenters. The van der Waals surface area contributed by atoms with E-state index >= 15 is 0 Å². The first-order valence-electron chi connectivity index (χ1n) is 10.1. The number of carbonyl (C=O) groups is 2. The zero-order valence-electron chi connectivity index (χ0n) is 17.8. The molecule has 0 spiro atoms. The molecular weight excluding hydrogens is 380 g/mol. The lowest BCUT2D eigenvalue weighted by Gasteiger charge is -2.42. The number of anilines is 1. The van der Waals surface area contributed by atoms with Crippen molar-refractivity contribution in [1.29, 1.82) is 0 Å². The number of carbonyl (C=O) groups excluding carboxylic acids is 2. The van der Waals surface area contributed by atoms with Crippen molar-refractivity contribution in [1.82, 2.24) is 4.98 Å². The standard InChI is InChI=1S/C24H26N2O4/c1-24(2)13-20-23(21(27)14-24)18(19-7-5-6-8-25-19)12-22(28)26(20)15-9-16(29-3)11-17(10-15)30-4/h5-11,18H,12-14H2,1-4H3. The third kappa shape index (κ3) is 3.58. The summed E-state index contributed by atoms with van der Waals surface area (Å²) in [5.74, 6) is 0.885. The van der Waals surface area contributed by atoms with E-state index in [1.165, 1.54) is 0 Å². The highest BCUT2D eigenvalue weighted by molar-refractivity contribution is 6.07. The predicted octanol–water partition coefficient (Wildman–Crippen LogP) is 4.26. The normalized spacial score (nSPS) is 20.8. The molecule has 156 valence electrons. The van der Waals surface area contributed by atoms with Crippen LogP contribution in [0.5, 0.6) is 11.5 Å². The first-order chi connectivity index (χ1) is 14.3. The molecule has 1 aromatic carbocycles. The minimum absolute atomic E-state index is 0.0646. The number of nitrogens with zero attached hydrogens (tertiary/aromatic N) is 2. The maximum atomic E-state index is 13.4.